The lowest BCUT2D eigenvalue weighted by molar-refractivity contribution is -0.119. The number of aromatic nitrogens is 2. The van der Waals surface area contributed by atoms with Crippen molar-refractivity contribution in [1.82, 2.24) is 9.55 Å². The normalized spacial score (nSPS) is 12.9. The topological polar surface area (TPSA) is 60.9 Å². The van der Waals surface area contributed by atoms with Crippen molar-refractivity contribution in [1.29, 1.82) is 0 Å². The molecule has 1 unspecified atom stereocenters. The van der Waals surface area contributed by atoms with Crippen molar-refractivity contribution in [3.05, 3.63) is 23.3 Å². The first-order chi connectivity index (χ1) is 7.91. The molecule has 1 aromatic carbocycles. The van der Waals surface area contributed by atoms with Crippen LogP contribution in [0.4, 0.5) is 5.95 Å². The molecule has 0 fully saturated rings. The first kappa shape index (κ1) is 11.6. The SMILES string of the molecule is CC(=O)C(C)n1c(N)nc2cc(C)c(C)cc21. The van der Waals surface area contributed by atoms with Crippen molar-refractivity contribution in [2.45, 2.75) is 33.7 Å². The monoisotopic (exact) mass is 231 g/mol. The minimum atomic E-state index is -0.276. The molecule has 0 aliphatic carbocycles. The number of imidazole rings is 1. The minimum Gasteiger partial charge on any atom is -0.369 e. The summed E-state index contributed by atoms with van der Waals surface area (Å²) in [5.74, 6) is 0.474. The van der Waals surface area contributed by atoms with Crippen LogP contribution in [0, 0.1) is 13.8 Å². The molecule has 1 heterocycles. The lowest BCUT2D eigenvalue weighted by atomic mass is 10.1. The Morgan fingerprint density at radius 2 is 1.94 bits per heavy atom. The third kappa shape index (κ3) is 1.79. The number of anilines is 1. The van der Waals surface area contributed by atoms with Crippen LogP contribution in [0.2, 0.25) is 0 Å². The van der Waals surface area contributed by atoms with E-state index in [0.717, 1.165) is 11.0 Å². The largest absolute Gasteiger partial charge is 0.369 e. The van der Waals surface area contributed by atoms with E-state index in [4.69, 9.17) is 5.73 Å². The van der Waals surface area contributed by atoms with Crippen LogP contribution in [-0.4, -0.2) is 15.3 Å². The molecule has 0 aliphatic heterocycles. The molecule has 0 aliphatic rings. The van der Waals surface area contributed by atoms with Crippen molar-refractivity contribution in [2.24, 2.45) is 0 Å². The summed E-state index contributed by atoms with van der Waals surface area (Å²) in [6.45, 7) is 7.49. The maximum Gasteiger partial charge on any atom is 0.201 e. The number of benzene rings is 1. The quantitative estimate of drug-likeness (QED) is 0.863. The van der Waals surface area contributed by atoms with Crippen molar-refractivity contribution >= 4 is 22.8 Å². The molecule has 17 heavy (non-hydrogen) atoms. The summed E-state index contributed by atoms with van der Waals surface area (Å²) in [6, 6.07) is 3.76. The van der Waals surface area contributed by atoms with Gasteiger partial charge in [-0.3, -0.25) is 4.79 Å². The summed E-state index contributed by atoms with van der Waals surface area (Å²) in [5.41, 5.74) is 10.0. The van der Waals surface area contributed by atoms with E-state index in [9.17, 15) is 4.79 Å². The van der Waals surface area contributed by atoms with Gasteiger partial charge in [-0.05, 0) is 51.0 Å². The summed E-state index contributed by atoms with van der Waals surface area (Å²) in [5, 5.41) is 0. The van der Waals surface area contributed by atoms with E-state index < -0.39 is 0 Å². The number of carbonyl (C=O) groups is 1. The lowest BCUT2D eigenvalue weighted by Crippen LogP contribution is -2.15. The van der Waals surface area contributed by atoms with Gasteiger partial charge in [0.15, 0.2) is 5.78 Å². The van der Waals surface area contributed by atoms with Gasteiger partial charge in [0.2, 0.25) is 5.95 Å². The van der Waals surface area contributed by atoms with E-state index in [1.165, 1.54) is 11.1 Å². The summed E-state index contributed by atoms with van der Waals surface area (Å²) >= 11 is 0. The third-order valence-corrected chi connectivity index (χ3v) is 3.31. The Kier molecular flexibility index (Phi) is 2.65. The van der Waals surface area contributed by atoms with Gasteiger partial charge in [-0.2, -0.15) is 0 Å². The number of nitrogens with zero attached hydrogens (tertiary/aromatic N) is 2. The molecular formula is C13H17N3O. The molecule has 1 atom stereocenters. The van der Waals surface area contributed by atoms with Crippen molar-refractivity contribution in [3.63, 3.8) is 0 Å². The Balaban J connectivity index is 2.75. The van der Waals surface area contributed by atoms with Crippen molar-refractivity contribution in [3.8, 4) is 0 Å². The second-order valence-corrected chi connectivity index (χ2v) is 4.55. The number of carbonyl (C=O) groups excluding carboxylic acids is 1. The Morgan fingerprint density at radius 3 is 2.53 bits per heavy atom. The number of ketones is 1. The molecule has 0 spiro atoms. The van der Waals surface area contributed by atoms with Gasteiger partial charge >= 0.3 is 0 Å². The summed E-state index contributed by atoms with van der Waals surface area (Å²) < 4.78 is 1.80. The van der Waals surface area contributed by atoms with Crippen molar-refractivity contribution < 1.29 is 4.79 Å². The molecule has 0 radical (unpaired) electrons. The number of nitrogen functional groups attached to an aromatic ring is 1. The molecule has 4 nitrogen and oxygen atoms in total. The molecular weight excluding hydrogens is 214 g/mol. The van der Waals surface area contributed by atoms with Crippen LogP contribution in [0.25, 0.3) is 11.0 Å². The van der Waals surface area contributed by atoms with Gasteiger partial charge in [0.1, 0.15) is 0 Å². The number of fused-ring (bicyclic) bond motifs is 1. The van der Waals surface area contributed by atoms with Gasteiger partial charge in [0, 0.05) is 0 Å². The average molecular weight is 231 g/mol. The first-order valence-corrected chi connectivity index (χ1v) is 5.67. The highest BCUT2D eigenvalue weighted by Gasteiger charge is 2.17. The van der Waals surface area contributed by atoms with Gasteiger partial charge in [0.05, 0.1) is 17.1 Å². The minimum absolute atomic E-state index is 0.0780. The van der Waals surface area contributed by atoms with E-state index in [-0.39, 0.29) is 11.8 Å². The highest BCUT2D eigenvalue weighted by molar-refractivity contribution is 5.86. The molecule has 2 N–H and O–H groups in total. The highest BCUT2D eigenvalue weighted by Crippen LogP contribution is 2.25. The second kappa shape index (κ2) is 3.87. The lowest BCUT2D eigenvalue weighted by Gasteiger charge is -2.13. The standard InChI is InChI=1S/C13H17N3O/c1-7-5-11-12(6-8(7)2)16(13(14)15-11)9(3)10(4)17/h5-6,9H,1-4H3,(H2,14,15). The zero-order chi connectivity index (χ0) is 12.7. The van der Waals surface area contributed by atoms with Crippen molar-refractivity contribution in [2.75, 3.05) is 5.73 Å². The number of rotatable bonds is 2. The van der Waals surface area contributed by atoms with Crippen LogP contribution in [0.1, 0.15) is 31.0 Å². The molecule has 0 amide bonds. The molecule has 4 heteroatoms. The first-order valence-electron chi connectivity index (χ1n) is 5.67. The van der Waals surface area contributed by atoms with Gasteiger partial charge < -0.3 is 10.3 Å². The number of hydrogen-bond acceptors (Lipinski definition) is 3. The Labute approximate surface area is 100 Å². The fourth-order valence-corrected chi connectivity index (χ4v) is 1.96. The molecule has 0 saturated carbocycles. The van der Waals surface area contributed by atoms with Gasteiger partial charge in [-0.25, -0.2) is 4.98 Å². The zero-order valence-electron chi connectivity index (χ0n) is 10.6. The average Bonchev–Trinajstić information content (AvgIpc) is 2.53. The number of aryl methyl sites for hydroxylation is 2. The van der Waals surface area contributed by atoms with Crippen LogP contribution in [-0.2, 0) is 4.79 Å². The smallest absolute Gasteiger partial charge is 0.201 e. The molecule has 0 saturated heterocycles. The Morgan fingerprint density at radius 1 is 1.35 bits per heavy atom. The predicted molar refractivity (Wildman–Crippen MR) is 69.0 cm³/mol. The molecule has 1 aromatic heterocycles. The van der Waals surface area contributed by atoms with E-state index in [1.54, 1.807) is 11.5 Å². The summed E-state index contributed by atoms with van der Waals surface area (Å²) in [6.07, 6.45) is 0. The summed E-state index contributed by atoms with van der Waals surface area (Å²) in [7, 11) is 0. The van der Waals surface area contributed by atoms with Crippen LogP contribution in [0.15, 0.2) is 12.1 Å². The van der Waals surface area contributed by atoms with Gasteiger partial charge in [-0.15, -0.1) is 0 Å². The Hall–Kier alpha value is -1.84. The van der Waals surface area contributed by atoms with E-state index in [2.05, 4.69) is 4.98 Å². The zero-order valence-corrected chi connectivity index (χ0v) is 10.6. The Bertz CT molecular complexity index is 598. The van der Waals surface area contributed by atoms with Gasteiger partial charge in [-0.1, -0.05) is 0 Å². The fourth-order valence-electron chi connectivity index (χ4n) is 1.96. The number of nitrogens with two attached hydrogens (primary N) is 1. The molecule has 90 valence electrons. The molecule has 2 aromatic rings. The number of hydrogen-bond donors (Lipinski definition) is 1. The predicted octanol–water partition coefficient (Wildman–Crippen LogP) is 2.39. The van der Waals surface area contributed by atoms with Crippen LogP contribution in [0.5, 0.6) is 0 Å². The summed E-state index contributed by atoms with van der Waals surface area (Å²) in [4.78, 5) is 15.8. The van der Waals surface area contributed by atoms with E-state index >= 15 is 0 Å². The maximum atomic E-state index is 11.5. The van der Waals surface area contributed by atoms with E-state index in [1.807, 2.05) is 32.9 Å². The third-order valence-electron chi connectivity index (χ3n) is 3.31. The fraction of sp³-hybridized carbons (Fsp3) is 0.385. The maximum absolute atomic E-state index is 11.5. The van der Waals surface area contributed by atoms with E-state index in [0.29, 0.717) is 5.95 Å². The van der Waals surface area contributed by atoms with Crippen LogP contribution < -0.4 is 5.73 Å². The van der Waals surface area contributed by atoms with Crippen LogP contribution in [0.3, 0.4) is 0 Å². The molecule has 2 rings (SSSR count). The highest BCUT2D eigenvalue weighted by atomic mass is 16.1. The van der Waals surface area contributed by atoms with Crippen LogP contribution >= 0.6 is 0 Å². The van der Waals surface area contributed by atoms with Gasteiger partial charge in [0.25, 0.3) is 0 Å². The molecule has 0 bridgehead atoms. The second-order valence-electron chi connectivity index (χ2n) is 4.55. The number of Topliss-reactive ketones (excluding diaryl/α,β-unsaturated/α-hetero) is 1.